The molecule has 0 aliphatic carbocycles. The second-order valence-corrected chi connectivity index (χ2v) is 7.54. The summed E-state index contributed by atoms with van der Waals surface area (Å²) in [6.45, 7) is 1.23. The minimum atomic E-state index is -4.47. The lowest BCUT2D eigenvalue weighted by Gasteiger charge is -2.18. The molecular formula is C21H17F3N4OS. The SMILES string of the molecule is CSc1ncc2c(n1)CN(c1cccc(C(=O)Nc3cccc(C(F)(F)F)c3)c1)C2. The van der Waals surface area contributed by atoms with Gasteiger partial charge in [0, 0.05) is 35.2 Å². The summed E-state index contributed by atoms with van der Waals surface area (Å²) >= 11 is 1.48. The average Bonchev–Trinajstić information content (AvgIpc) is 3.17. The van der Waals surface area contributed by atoms with Crippen LogP contribution in [-0.2, 0) is 19.3 Å². The number of halogens is 3. The predicted octanol–water partition coefficient (Wildman–Crippen LogP) is 4.99. The van der Waals surface area contributed by atoms with Crippen LogP contribution in [0.5, 0.6) is 0 Å². The molecule has 1 aliphatic rings. The molecule has 4 rings (SSSR count). The van der Waals surface area contributed by atoms with Gasteiger partial charge in [0.1, 0.15) is 0 Å². The Labute approximate surface area is 175 Å². The number of rotatable bonds is 4. The third-order valence-corrected chi connectivity index (χ3v) is 5.30. The highest BCUT2D eigenvalue weighted by Crippen LogP contribution is 2.31. The van der Waals surface area contributed by atoms with Crippen LogP contribution in [0.4, 0.5) is 24.5 Å². The number of anilines is 2. The van der Waals surface area contributed by atoms with Gasteiger partial charge in [0.15, 0.2) is 5.16 Å². The van der Waals surface area contributed by atoms with Crippen molar-refractivity contribution in [2.24, 2.45) is 0 Å². The van der Waals surface area contributed by atoms with Gasteiger partial charge in [-0.1, -0.05) is 23.9 Å². The lowest BCUT2D eigenvalue weighted by atomic mass is 10.1. The first kappa shape index (κ1) is 20.2. The normalized spacial score (nSPS) is 13.3. The van der Waals surface area contributed by atoms with Crippen molar-refractivity contribution < 1.29 is 18.0 Å². The predicted molar refractivity (Wildman–Crippen MR) is 110 cm³/mol. The fourth-order valence-electron chi connectivity index (χ4n) is 3.24. The van der Waals surface area contributed by atoms with Gasteiger partial charge >= 0.3 is 6.18 Å². The van der Waals surface area contributed by atoms with Crippen molar-refractivity contribution in [2.45, 2.75) is 24.4 Å². The van der Waals surface area contributed by atoms with Crippen molar-refractivity contribution in [3.05, 3.63) is 77.1 Å². The van der Waals surface area contributed by atoms with Crippen LogP contribution >= 0.6 is 11.8 Å². The maximum absolute atomic E-state index is 12.9. The number of thioether (sulfide) groups is 1. The third kappa shape index (κ3) is 4.25. The molecule has 2 aromatic carbocycles. The molecule has 154 valence electrons. The fraction of sp³-hybridized carbons (Fsp3) is 0.190. The number of fused-ring (bicyclic) bond motifs is 1. The Bertz CT molecular complexity index is 1100. The minimum Gasteiger partial charge on any atom is -0.361 e. The van der Waals surface area contributed by atoms with E-state index in [1.165, 1.54) is 23.9 Å². The molecule has 0 radical (unpaired) electrons. The molecule has 1 amide bonds. The second-order valence-electron chi connectivity index (χ2n) is 6.77. The Morgan fingerprint density at radius 1 is 1.13 bits per heavy atom. The number of alkyl halides is 3. The number of amides is 1. The van der Waals surface area contributed by atoms with Gasteiger partial charge in [-0.3, -0.25) is 4.79 Å². The lowest BCUT2D eigenvalue weighted by Crippen LogP contribution is -2.17. The number of carbonyl (C=O) groups excluding carboxylic acids is 1. The number of aromatic nitrogens is 2. The Morgan fingerprint density at radius 2 is 1.93 bits per heavy atom. The third-order valence-electron chi connectivity index (χ3n) is 4.74. The summed E-state index contributed by atoms with van der Waals surface area (Å²) in [7, 11) is 0. The van der Waals surface area contributed by atoms with Gasteiger partial charge in [0.2, 0.25) is 0 Å². The quantitative estimate of drug-likeness (QED) is 0.467. The van der Waals surface area contributed by atoms with E-state index in [-0.39, 0.29) is 5.69 Å². The first-order valence-electron chi connectivity index (χ1n) is 9.06. The van der Waals surface area contributed by atoms with E-state index in [1.807, 2.05) is 18.5 Å². The summed E-state index contributed by atoms with van der Waals surface area (Å²) in [5.74, 6) is -0.475. The zero-order chi connectivity index (χ0) is 21.3. The summed E-state index contributed by atoms with van der Waals surface area (Å²) in [6.07, 6.45) is -0.732. The number of hydrogen-bond acceptors (Lipinski definition) is 5. The van der Waals surface area contributed by atoms with Gasteiger partial charge in [-0.15, -0.1) is 0 Å². The van der Waals surface area contributed by atoms with E-state index < -0.39 is 17.6 Å². The molecule has 1 aliphatic heterocycles. The maximum atomic E-state index is 12.9. The van der Waals surface area contributed by atoms with Crippen LogP contribution in [0.15, 0.2) is 59.9 Å². The van der Waals surface area contributed by atoms with Crippen LogP contribution < -0.4 is 10.2 Å². The minimum absolute atomic E-state index is 0.0914. The Balaban J connectivity index is 1.51. The highest BCUT2D eigenvalue weighted by molar-refractivity contribution is 7.98. The highest BCUT2D eigenvalue weighted by Gasteiger charge is 2.30. The van der Waals surface area contributed by atoms with Crippen molar-refractivity contribution in [2.75, 3.05) is 16.5 Å². The largest absolute Gasteiger partial charge is 0.416 e. The molecule has 0 saturated carbocycles. The molecule has 5 nitrogen and oxygen atoms in total. The molecule has 3 aromatic rings. The van der Waals surface area contributed by atoms with Gasteiger partial charge in [0.25, 0.3) is 5.91 Å². The van der Waals surface area contributed by atoms with Gasteiger partial charge in [0.05, 0.1) is 17.8 Å². The monoisotopic (exact) mass is 430 g/mol. The molecule has 0 saturated heterocycles. The molecule has 0 fully saturated rings. The van der Waals surface area contributed by atoms with Crippen LogP contribution in [0.3, 0.4) is 0 Å². The molecular weight excluding hydrogens is 413 g/mol. The second kappa shape index (κ2) is 7.98. The van der Waals surface area contributed by atoms with Crippen molar-refractivity contribution >= 4 is 29.0 Å². The number of benzene rings is 2. The van der Waals surface area contributed by atoms with E-state index in [0.717, 1.165) is 29.1 Å². The topological polar surface area (TPSA) is 58.1 Å². The van der Waals surface area contributed by atoms with Crippen molar-refractivity contribution in [1.82, 2.24) is 9.97 Å². The summed E-state index contributed by atoms with van der Waals surface area (Å²) in [4.78, 5) is 23.5. The molecule has 1 N–H and O–H groups in total. The molecule has 0 spiro atoms. The molecule has 1 aromatic heterocycles. The van der Waals surface area contributed by atoms with Crippen LogP contribution in [0.1, 0.15) is 27.2 Å². The Hall–Kier alpha value is -3.07. The standard InChI is InChI=1S/C21H17F3N4OS/c1-30-20-25-10-14-11-28(12-18(14)27-20)17-7-2-4-13(8-17)19(29)26-16-6-3-5-15(9-16)21(22,23)24/h2-10H,11-12H2,1H3,(H,26,29). The molecule has 9 heteroatoms. The van der Waals surface area contributed by atoms with Crippen LogP contribution in [0.25, 0.3) is 0 Å². The van der Waals surface area contributed by atoms with Crippen LogP contribution in [0.2, 0.25) is 0 Å². The number of nitrogens with zero attached hydrogens (tertiary/aromatic N) is 3. The molecule has 0 bridgehead atoms. The first-order chi connectivity index (χ1) is 14.3. The number of nitrogens with one attached hydrogen (secondary N) is 1. The van der Waals surface area contributed by atoms with Crippen LogP contribution in [-0.4, -0.2) is 22.1 Å². The summed E-state index contributed by atoms with van der Waals surface area (Å²) in [5.41, 5.74) is 2.45. The summed E-state index contributed by atoms with van der Waals surface area (Å²) in [6, 6.07) is 11.6. The van der Waals surface area contributed by atoms with E-state index in [4.69, 9.17) is 0 Å². The Kier molecular flexibility index (Phi) is 5.38. The van der Waals surface area contributed by atoms with Gasteiger partial charge in [-0.2, -0.15) is 13.2 Å². The van der Waals surface area contributed by atoms with Crippen molar-refractivity contribution in [1.29, 1.82) is 0 Å². The number of hydrogen-bond donors (Lipinski definition) is 1. The maximum Gasteiger partial charge on any atom is 0.416 e. The molecule has 30 heavy (non-hydrogen) atoms. The zero-order valence-electron chi connectivity index (χ0n) is 15.9. The summed E-state index contributed by atoms with van der Waals surface area (Å²) < 4.78 is 38.7. The Morgan fingerprint density at radius 3 is 2.70 bits per heavy atom. The van der Waals surface area contributed by atoms with Crippen molar-refractivity contribution in [3.63, 3.8) is 0 Å². The number of carbonyl (C=O) groups is 1. The summed E-state index contributed by atoms with van der Waals surface area (Å²) in [5, 5.41) is 3.25. The van der Waals surface area contributed by atoms with E-state index in [0.29, 0.717) is 23.8 Å². The average molecular weight is 430 g/mol. The first-order valence-corrected chi connectivity index (χ1v) is 10.3. The van der Waals surface area contributed by atoms with E-state index >= 15 is 0 Å². The molecule has 0 atom stereocenters. The van der Waals surface area contributed by atoms with E-state index in [9.17, 15) is 18.0 Å². The zero-order valence-corrected chi connectivity index (χ0v) is 16.7. The van der Waals surface area contributed by atoms with Crippen molar-refractivity contribution in [3.8, 4) is 0 Å². The molecule has 0 unspecified atom stereocenters. The fourth-order valence-corrected chi connectivity index (χ4v) is 3.60. The van der Waals surface area contributed by atoms with Gasteiger partial charge in [-0.25, -0.2) is 9.97 Å². The smallest absolute Gasteiger partial charge is 0.361 e. The van der Waals surface area contributed by atoms with E-state index in [2.05, 4.69) is 20.2 Å². The van der Waals surface area contributed by atoms with Gasteiger partial charge in [-0.05, 0) is 42.7 Å². The van der Waals surface area contributed by atoms with Crippen LogP contribution in [0, 0.1) is 0 Å². The highest BCUT2D eigenvalue weighted by atomic mass is 32.2. The lowest BCUT2D eigenvalue weighted by molar-refractivity contribution is -0.137. The molecule has 2 heterocycles. The van der Waals surface area contributed by atoms with Gasteiger partial charge < -0.3 is 10.2 Å². The van der Waals surface area contributed by atoms with E-state index in [1.54, 1.807) is 18.2 Å².